The van der Waals surface area contributed by atoms with Crippen molar-refractivity contribution < 1.29 is 18.0 Å². The van der Waals surface area contributed by atoms with Crippen LogP contribution in [0.25, 0.3) is 0 Å². The Bertz CT molecular complexity index is 313. The van der Waals surface area contributed by atoms with Crippen molar-refractivity contribution in [3.05, 3.63) is 36.0 Å². The van der Waals surface area contributed by atoms with Crippen LogP contribution in [0.1, 0.15) is 6.92 Å². The Morgan fingerprint density at radius 3 is 2.20 bits per heavy atom. The van der Waals surface area contributed by atoms with E-state index in [1.165, 1.54) is 14.0 Å². The maximum Gasteiger partial charge on any atom is 0.416 e. The third-order valence-electron chi connectivity index (χ3n) is 1.62. The van der Waals surface area contributed by atoms with Crippen LogP contribution in [-0.4, -0.2) is 19.1 Å². The minimum atomic E-state index is -4.41. The first-order valence-electron chi connectivity index (χ1n) is 4.15. The number of carbonyl (C=O) groups excluding carboxylic acids is 1. The highest BCUT2D eigenvalue weighted by Gasteiger charge is 2.30. The monoisotopic (exact) mass is 219 g/mol. The zero-order valence-electron chi connectivity index (χ0n) is 8.48. The summed E-state index contributed by atoms with van der Waals surface area (Å²) in [5.74, 6) is -0.510. The molecule has 0 aliphatic carbocycles. The van der Waals surface area contributed by atoms with Crippen molar-refractivity contribution in [2.45, 2.75) is 13.1 Å². The van der Waals surface area contributed by atoms with Gasteiger partial charge in [-0.05, 0) is 19.1 Å². The number of amides is 1. The van der Waals surface area contributed by atoms with Gasteiger partial charge in [0, 0.05) is 12.6 Å². The van der Waals surface area contributed by atoms with Crippen molar-refractivity contribution in [2.75, 3.05) is 7.05 Å². The third kappa shape index (κ3) is 4.49. The summed E-state index contributed by atoms with van der Waals surface area (Å²) >= 11 is 0. The minimum absolute atomic E-state index is 0.0268. The molecule has 0 aromatic carbocycles. The number of nitrogens with one attached hydrogen (secondary N) is 1. The van der Waals surface area contributed by atoms with Crippen molar-refractivity contribution in [1.82, 2.24) is 5.32 Å². The van der Waals surface area contributed by atoms with Crippen LogP contribution < -0.4 is 5.32 Å². The van der Waals surface area contributed by atoms with Gasteiger partial charge in [0.1, 0.15) is 0 Å². The molecule has 0 unspecified atom stereocenters. The van der Waals surface area contributed by atoms with E-state index in [-0.39, 0.29) is 5.57 Å². The molecular formula is C10H12F3NO. The maximum atomic E-state index is 12.2. The lowest BCUT2D eigenvalue weighted by atomic mass is 10.2. The number of carbonyl (C=O) groups is 1. The molecular weight excluding hydrogens is 207 g/mol. The van der Waals surface area contributed by atoms with Gasteiger partial charge in [-0.15, -0.1) is 0 Å². The van der Waals surface area contributed by atoms with Gasteiger partial charge < -0.3 is 5.32 Å². The van der Waals surface area contributed by atoms with Crippen molar-refractivity contribution in [1.29, 1.82) is 0 Å². The number of likely N-dealkylation sites (N-methyl/N-ethyl adjacent to an activating group) is 1. The number of halogens is 3. The molecule has 1 N–H and O–H groups in total. The van der Waals surface area contributed by atoms with Gasteiger partial charge >= 0.3 is 6.18 Å². The maximum absolute atomic E-state index is 12.2. The van der Waals surface area contributed by atoms with Crippen LogP contribution in [0.2, 0.25) is 0 Å². The SMILES string of the molecule is C=C(/C=C\C(=C/C)C(F)(F)F)C(=O)NC. The van der Waals surface area contributed by atoms with Crippen molar-refractivity contribution in [3.8, 4) is 0 Å². The molecule has 0 aromatic heterocycles. The summed E-state index contributed by atoms with van der Waals surface area (Å²) in [6.07, 6.45) is -1.64. The zero-order valence-corrected chi connectivity index (χ0v) is 8.48. The van der Waals surface area contributed by atoms with E-state index in [4.69, 9.17) is 0 Å². The van der Waals surface area contributed by atoms with Gasteiger partial charge in [-0.2, -0.15) is 13.2 Å². The lowest BCUT2D eigenvalue weighted by Gasteiger charge is -2.06. The van der Waals surface area contributed by atoms with Gasteiger partial charge in [0.05, 0.1) is 5.57 Å². The molecule has 0 fully saturated rings. The van der Waals surface area contributed by atoms with Crippen LogP contribution in [0.4, 0.5) is 13.2 Å². The second kappa shape index (κ2) is 5.38. The molecule has 15 heavy (non-hydrogen) atoms. The Kier molecular flexibility index (Phi) is 4.84. The average molecular weight is 219 g/mol. The summed E-state index contributed by atoms with van der Waals surface area (Å²) in [6.45, 7) is 4.59. The van der Waals surface area contributed by atoms with Crippen LogP contribution in [0.15, 0.2) is 36.0 Å². The average Bonchev–Trinajstić information content (AvgIpc) is 2.15. The van der Waals surface area contributed by atoms with Crippen LogP contribution in [0, 0.1) is 0 Å². The molecule has 0 radical (unpaired) electrons. The standard InChI is InChI=1S/C10H12F3NO/c1-4-8(10(11,12)13)6-5-7(2)9(15)14-3/h4-6H,2H2,1,3H3,(H,14,15)/b6-5-,8-4+. The molecule has 0 aliphatic rings. The van der Waals surface area contributed by atoms with Crippen molar-refractivity contribution in [2.24, 2.45) is 0 Å². The molecule has 0 saturated heterocycles. The first-order chi connectivity index (χ1) is 6.82. The number of hydrogen-bond donors (Lipinski definition) is 1. The van der Waals surface area contributed by atoms with E-state index in [0.29, 0.717) is 0 Å². The summed E-state index contributed by atoms with van der Waals surface area (Å²) in [5, 5.41) is 2.25. The zero-order chi connectivity index (χ0) is 12.1. The molecule has 0 aromatic rings. The molecule has 0 saturated carbocycles. The summed E-state index contributed by atoms with van der Waals surface area (Å²) in [5.41, 5.74) is -0.839. The Hall–Kier alpha value is -1.52. The predicted molar refractivity (Wildman–Crippen MR) is 52.2 cm³/mol. The molecule has 0 bridgehead atoms. The number of alkyl halides is 3. The van der Waals surface area contributed by atoms with Crippen LogP contribution >= 0.6 is 0 Å². The number of allylic oxidation sites excluding steroid dienone is 3. The fraction of sp³-hybridized carbons (Fsp3) is 0.300. The third-order valence-corrected chi connectivity index (χ3v) is 1.62. The van der Waals surface area contributed by atoms with Crippen LogP contribution in [0.5, 0.6) is 0 Å². The first kappa shape index (κ1) is 13.5. The Labute approximate surface area is 86.2 Å². The van der Waals surface area contributed by atoms with E-state index >= 15 is 0 Å². The highest BCUT2D eigenvalue weighted by atomic mass is 19.4. The lowest BCUT2D eigenvalue weighted by Crippen LogP contribution is -2.18. The van der Waals surface area contributed by atoms with E-state index in [1.54, 1.807) is 0 Å². The lowest BCUT2D eigenvalue weighted by molar-refractivity contribution is -0.116. The van der Waals surface area contributed by atoms with E-state index in [2.05, 4.69) is 11.9 Å². The molecule has 0 rings (SSSR count). The summed E-state index contributed by atoms with van der Waals surface area (Å²) < 4.78 is 36.6. The second-order valence-electron chi connectivity index (χ2n) is 2.68. The smallest absolute Gasteiger partial charge is 0.355 e. The molecule has 0 aliphatic heterocycles. The topological polar surface area (TPSA) is 29.1 Å². The normalized spacial score (nSPS) is 13.0. The van der Waals surface area contributed by atoms with Gasteiger partial charge in [0.2, 0.25) is 5.91 Å². The highest BCUT2D eigenvalue weighted by Crippen LogP contribution is 2.26. The number of rotatable bonds is 3. The molecule has 0 heterocycles. The van der Waals surface area contributed by atoms with E-state index < -0.39 is 17.7 Å². The number of hydrogen-bond acceptors (Lipinski definition) is 1. The first-order valence-corrected chi connectivity index (χ1v) is 4.15. The van der Waals surface area contributed by atoms with E-state index in [1.807, 2.05) is 0 Å². The fourth-order valence-corrected chi connectivity index (χ4v) is 0.781. The van der Waals surface area contributed by atoms with Crippen molar-refractivity contribution in [3.63, 3.8) is 0 Å². The molecule has 5 heteroatoms. The van der Waals surface area contributed by atoms with E-state index in [0.717, 1.165) is 18.2 Å². The van der Waals surface area contributed by atoms with E-state index in [9.17, 15) is 18.0 Å². The van der Waals surface area contributed by atoms with Gasteiger partial charge in [-0.1, -0.05) is 12.7 Å². The van der Waals surface area contributed by atoms with Gasteiger partial charge in [-0.25, -0.2) is 0 Å². The summed E-state index contributed by atoms with van der Waals surface area (Å²) in [6, 6.07) is 0. The summed E-state index contributed by atoms with van der Waals surface area (Å²) in [7, 11) is 1.38. The van der Waals surface area contributed by atoms with Gasteiger partial charge in [0.25, 0.3) is 0 Å². The summed E-state index contributed by atoms with van der Waals surface area (Å²) in [4.78, 5) is 10.9. The van der Waals surface area contributed by atoms with Crippen LogP contribution in [-0.2, 0) is 4.79 Å². The molecule has 0 atom stereocenters. The predicted octanol–water partition coefficient (Wildman–Crippen LogP) is 2.35. The van der Waals surface area contributed by atoms with Gasteiger partial charge in [-0.3, -0.25) is 4.79 Å². The fourth-order valence-electron chi connectivity index (χ4n) is 0.781. The van der Waals surface area contributed by atoms with Gasteiger partial charge in [0.15, 0.2) is 0 Å². The highest BCUT2D eigenvalue weighted by molar-refractivity contribution is 5.95. The largest absolute Gasteiger partial charge is 0.416 e. The quantitative estimate of drug-likeness (QED) is 0.573. The van der Waals surface area contributed by atoms with Crippen molar-refractivity contribution >= 4 is 5.91 Å². The Morgan fingerprint density at radius 1 is 1.33 bits per heavy atom. The molecule has 2 nitrogen and oxygen atoms in total. The molecule has 84 valence electrons. The Morgan fingerprint density at radius 2 is 1.87 bits per heavy atom. The second-order valence-corrected chi connectivity index (χ2v) is 2.68. The molecule has 0 spiro atoms. The molecule has 1 amide bonds. The Balaban J connectivity index is 4.66. The minimum Gasteiger partial charge on any atom is -0.355 e. The van der Waals surface area contributed by atoms with Crippen LogP contribution in [0.3, 0.4) is 0 Å².